The topological polar surface area (TPSA) is 60.0 Å². The second-order valence-electron chi connectivity index (χ2n) is 7.35. The number of likely N-dealkylation sites (tertiary alicyclic amines) is 1. The molecule has 2 aliphatic heterocycles. The van der Waals surface area contributed by atoms with Gasteiger partial charge in [0.1, 0.15) is 0 Å². The molecule has 0 aliphatic carbocycles. The molecule has 158 valence electrons. The van der Waals surface area contributed by atoms with Crippen LogP contribution in [0.1, 0.15) is 38.2 Å². The summed E-state index contributed by atoms with van der Waals surface area (Å²) < 4.78 is 16.6. The molecule has 0 saturated carbocycles. The van der Waals surface area contributed by atoms with Gasteiger partial charge in [0.2, 0.25) is 5.91 Å². The Kier molecular flexibility index (Phi) is 9.35. The fourth-order valence-electron chi connectivity index (χ4n) is 3.86. The molecule has 0 bridgehead atoms. The summed E-state index contributed by atoms with van der Waals surface area (Å²) in [7, 11) is 1.67. The van der Waals surface area contributed by atoms with Crippen molar-refractivity contribution in [3.05, 3.63) is 23.8 Å². The number of hydrogen-bond donors (Lipinski definition) is 1. The van der Waals surface area contributed by atoms with Crippen LogP contribution < -0.4 is 14.8 Å². The van der Waals surface area contributed by atoms with Crippen molar-refractivity contribution < 1.29 is 19.0 Å². The Morgan fingerprint density at radius 1 is 1.25 bits per heavy atom. The summed E-state index contributed by atoms with van der Waals surface area (Å²) in [6.07, 6.45) is 4.19. The summed E-state index contributed by atoms with van der Waals surface area (Å²) in [5, 5.41) is 3.08. The number of ether oxygens (including phenoxy) is 3. The molecule has 0 aromatic heterocycles. The average Bonchev–Trinajstić information content (AvgIpc) is 3.21. The van der Waals surface area contributed by atoms with Gasteiger partial charge in [-0.2, -0.15) is 0 Å². The Morgan fingerprint density at radius 3 is 2.68 bits per heavy atom. The van der Waals surface area contributed by atoms with E-state index in [2.05, 4.69) is 16.3 Å². The first-order valence-electron chi connectivity index (χ1n) is 10.1. The highest BCUT2D eigenvalue weighted by atomic mass is 35.5. The third-order valence-corrected chi connectivity index (χ3v) is 5.42. The van der Waals surface area contributed by atoms with Crippen molar-refractivity contribution in [1.82, 2.24) is 10.2 Å². The van der Waals surface area contributed by atoms with E-state index in [1.54, 1.807) is 7.11 Å². The van der Waals surface area contributed by atoms with Crippen molar-refractivity contribution in [2.24, 2.45) is 5.92 Å². The molecular formula is C21H33ClN2O4. The summed E-state index contributed by atoms with van der Waals surface area (Å²) >= 11 is 0. The van der Waals surface area contributed by atoms with Gasteiger partial charge >= 0.3 is 0 Å². The van der Waals surface area contributed by atoms with E-state index < -0.39 is 0 Å². The second-order valence-corrected chi connectivity index (χ2v) is 7.35. The Morgan fingerprint density at radius 2 is 2.04 bits per heavy atom. The molecule has 1 amide bonds. The van der Waals surface area contributed by atoms with Gasteiger partial charge in [0.15, 0.2) is 11.5 Å². The molecule has 6 nitrogen and oxygen atoms in total. The van der Waals surface area contributed by atoms with Gasteiger partial charge in [-0.05, 0) is 63.4 Å². The predicted octanol–water partition coefficient (Wildman–Crippen LogP) is 3.02. The molecule has 7 heteroatoms. The van der Waals surface area contributed by atoms with E-state index in [-0.39, 0.29) is 30.3 Å². The molecular weight excluding hydrogens is 380 g/mol. The summed E-state index contributed by atoms with van der Waals surface area (Å²) in [5.74, 6) is 1.87. The summed E-state index contributed by atoms with van der Waals surface area (Å²) in [6, 6.07) is 6.11. The van der Waals surface area contributed by atoms with Gasteiger partial charge in [-0.15, -0.1) is 12.4 Å². The molecule has 0 radical (unpaired) electrons. The fraction of sp³-hybridized carbons (Fsp3) is 0.667. The number of nitrogens with one attached hydrogen (secondary N) is 1. The monoisotopic (exact) mass is 412 g/mol. The highest BCUT2D eigenvalue weighted by Crippen LogP contribution is 2.29. The number of carbonyl (C=O) groups excluding carboxylic acids is 1. The molecule has 2 heterocycles. The number of amides is 1. The van der Waals surface area contributed by atoms with Crippen LogP contribution in [0.4, 0.5) is 0 Å². The SMILES string of the molecule is CCOc1ccc(CN2CCC(C(=O)NCC3CCCO3)CC2)cc1OC.Cl. The van der Waals surface area contributed by atoms with Gasteiger partial charge in [-0.1, -0.05) is 6.07 Å². The summed E-state index contributed by atoms with van der Waals surface area (Å²) in [6.45, 7) is 6.82. The maximum atomic E-state index is 12.4. The number of methoxy groups -OCH3 is 1. The molecule has 1 aromatic carbocycles. The Hall–Kier alpha value is -1.50. The normalized spacial score (nSPS) is 20.4. The minimum Gasteiger partial charge on any atom is -0.493 e. The summed E-state index contributed by atoms with van der Waals surface area (Å²) in [5.41, 5.74) is 1.21. The maximum absolute atomic E-state index is 12.4. The van der Waals surface area contributed by atoms with Crippen LogP contribution >= 0.6 is 12.4 Å². The molecule has 1 aromatic rings. The van der Waals surface area contributed by atoms with Crippen LogP contribution in [0.15, 0.2) is 18.2 Å². The van der Waals surface area contributed by atoms with E-state index in [4.69, 9.17) is 14.2 Å². The van der Waals surface area contributed by atoms with Gasteiger partial charge in [0.05, 0.1) is 19.8 Å². The zero-order chi connectivity index (χ0) is 19.1. The standard InChI is InChI=1S/C21H32N2O4.ClH/c1-3-26-19-7-6-16(13-20(19)25-2)15-23-10-8-17(9-11-23)21(24)22-14-18-5-4-12-27-18;/h6-7,13,17-18H,3-5,8-12,14-15H2,1-2H3,(H,22,24);1H. The van der Waals surface area contributed by atoms with Gasteiger partial charge < -0.3 is 19.5 Å². The van der Waals surface area contributed by atoms with Crippen molar-refractivity contribution in [3.63, 3.8) is 0 Å². The van der Waals surface area contributed by atoms with E-state index in [1.807, 2.05) is 19.1 Å². The van der Waals surface area contributed by atoms with Crippen molar-refractivity contribution in [1.29, 1.82) is 0 Å². The molecule has 2 saturated heterocycles. The number of nitrogens with zero attached hydrogens (tertiary/aromatic N) is 1. The molecule has 1 unspecified atom stereocenters. The highest BCUT2D eigenvalue weighted by molar-refractivity contribution is 5.85. The first-order chi connectivity index (χ1) is 13.2. The highest BCUT2D eigenvalue weighted by Gasteiger charge is 2.26. The van der Waals surface area contributed by atoms with Crippen LogP contribution in [0, 0.1) is 5.92 Å². The lowest BCUT2D eigenvalue weighted by Gasteiger charge is -2.31. The maximum Gasteiger partial charge on any atom is 0.223 e. The fourth-order valence-corrected chi connectivity index (χ4v) is 3.86. The molecule has 1 N–H and O–H groups in total. The molecule has 28 heavy (non-hydrogen) atoms. The first kappa shape index (κ1) is 22.8. The Bertz CT molecular complexity index is 614. The summed E-state index contributed by atoms with van der Waals surface area (Å²) in [4.78, 5) is 14.8. The lowest BCUT2D eigenvalue weighted by atomic mass is 9.95. The van der Waals surface area contributed by atoms with Crippen LogP contribution in [-0.4, -0.2) is 56.9 Å². The first-order valence-corrected chi connectivity index (χ1v) is 10.1. The van der Waals surface area contributed by atoms with E-state index in [0.29, 0.717) is 13.2 Å². The van der Waals surface area contributed by atoms with Crippen LogP contribution in [0.2, 0.25) is 0 Å². The zero-order valence-electron chi connectivity index (χ0n) is 16.9. The molecule has 1 atom stereocenters. The van der Waals surface area contributed by atoms with E-state index in [9.17, 15) is 4.79 Å². The molecule has 2 fully saturated rings. The van der Waals surface area contributed by atoms with Crippen LogP contribution in [0.5, 0.6) is 11.5 Å². The van der Waals surface area contributed by atoms with Gasteiger partial charge in [0.25, 0.3) is 0 Å². The Labute approximate surface area is 174 Å². The quantitative estimate of drug-likeness (QED) is 0.711. The van der Waals surface area contributed by atoms with E-state index >= 15 is 0 Å². The van der Waals surface area contributed by atoms with Crippen molar-refractivity contribution in [3.8, 4) is 11.5 Å². The number of hydrogen-bond acceptors (Lipinski definition) is 5. The largest absolute Gasteiger partial charge is 0.493 e. The Balaban J connectivity index is 0.00000280. The van der Waals surface area contributed by atoms with Crippen LogP contribution in [0.25, 0.3) is 0 Å². The smallest absolute Gasteiger partial charge is 0.223 e. The van der Waals surface area contributed by atoms with Crippen LogP contribution in [0.3, 0.4) is 0 Å². The number of carbonyl (C=O) groups is 1. The van der Waals surface area contributed by atoms with Gasteiger partial charge in [0, 0.05) is 25.6 Å². The zero-order valence-corrected chi connectivity index (χ0v) is 17.8. The number of benzene rings is 1. The van der Waals surface area contributed by atoms with E-state index in [0.717, 1.165) is 63.4 Å². The van der Waals surface area contributed by atoms with Crippen molar-refractivity contribution in [2.75, 3.05) is 40.0 Å². The molecule has 0 spiro atoms. The third-order valence-electron chi connectivity index (χ3n) is 5.42. The van der Waals surface area contributed by atoms with Crippen molar-refractivity contribution in [2.45, 2.75) is 45.3 Å². The molecule has 3 rings (SSSR count). The number of halogens is 1. The lowest BCUT2D eigenvalue weighted by Crippen LogP contribution is -2.42. The minimum atomic E-state index is 0. The van der Waals surface area contributed by atoms with E-state index in [1.165, 1.54) is 5.56 Å². The number of rotatable bonds is 8. The minimum absolute atomic E-state index is 0. The van der Waals surface area contributed by atoms with Gasteiger partial charge in [-0.3, -0.25) is 9.69 Å². The van der Waals surface area contributed by atoms with Crippen molar-refractivity contribution >= 4 is 18.3 Å². The average molecular weight is 413 g/mol. The number of piperidine rings is 1. The predicted molar refractivity (Wildman–Crippen MR) is 111 cm³/mol. The van der Waals surface area contributed by atoms with Crippen LogP contribution in [-0.2, 0) is 16.1 Å². The lowest BCUT2D eigenvalue weighted by molar-refractivity contribution is -0.127. The second kappa shape index (κ2) is 11.5. The molecule has 2 aliphatic rings. The van der Waals surface area contributed by atoms with Gasteiger partial charge in [-0.25, -0.2) is 0 Å². The third kappa shape index (κ3) is 6.26.